The second kappa shape index (κ2) is 6.14. The highest BCUT2D eigenvalue weighted by molar-refractivity contribution is 5.75. The number of pyridine rings is 1. The normalized spacial score (nSPS) is 12.1. The largest absolute Gasteiger partial charge is 0.359 e. The first-order valence-corrected chi connectivity index (χ1v) is 5.09. The molecule has 0 saturated carbocycles. The Labute approximate surface area is 90.1 Å². The number of hydrogen-bond donors (Lipinski definition) is 2. The molecule has 0 bridgehead atoms. The van der Waals surface area contributed by atoms with Crippen LogP contribution in [0.5, 0.6) is 0 Å². The molecule has 0 aromatic carbocycles. The molecule has 1 atom stereocenters. The van der Waals surface area contributed by atoms with E-state index < -0.39 is 0 Å². The predicted octanol–water partition coefficient (Wildman–Crippen LogP) is 0.868. The third-order valence-corrected chi connectivity index (χ3v) is 2.21. The number of carbonyl (C=O) groups excluding carboxylic acids is 1. The second-order valence-electron chi connectivity index (χ2n) is 3.35. The summed E-state index contributed by atoms with van der Waals surface area (Å²) >= 11 is 0. The minimum atomic E-state index is 0.0516. The first-order chi connectivity index (χ1) is 7.24. The molecule has 1 aromatic heterocycles. The van der Waals surface area contributed by atoms with Gasteiger partial charge in [0.1, 0.15) is 0 Å². The summed E-state index contributed by atoms with van der Waals surface area (Å²) < 4.78 is 0. The van der Waals surface area contributed by atoms with Crippen molar-refractivity contribution in [2.24, 2.45) is 0 Å². The van der Waals surface area contributed by atoms with Gasteiger partial charge in [0.15, 0.2) is 0 Å². The Morgan fingerprint density at radius 3 is 2.93 bits per heavy atom. The van der Waals surface area contributed by atoms with Crippen molar-refractivity contribution in [2.75, 3.05) is 13.6 Å². The summed E-state index contributed by atoms with van der Waals surface area (Å²) in [5.74, 6) is 0.0516. The lowest BCUT2D eigenvalue weighted by Crippen LogP contribution is -2.26. The summed E-state index contributed by atoms with van der Waals surface area (Å²) in [6.45, 7) is 2.70. The maximum absolute atomic E-state index is 11.0. The molecule has 0 fully saturated rings. The summed E-state index contributed by atoms with van der Waals surface area (Å²) in [4.78, 5) is 15.2. The van der Waals surface area contributed by atoms with E-state index in [-0.39, 0.29) is 11.9 Å². The van der Waals surface area contributed by atoms with Gasteiger partial charge in [0.05, 0.1) is 5.69 Å². The van der Waals surface area contributed by atoms with Gasteiger partial charge in [-0.05, 0) is 19.1 Å². The van der Waals surface area contributed by atoms with Crippen LogP contribution in [-0.2, 0) is 4.79 Å². The summed E-state index contributed by atoms with van der Waals surface area (Å²) in [5, 5.41) is 5.82. The van der Waals surface area contributed by atoms with Gasteiger partial charge in [-0.15, -0.1) is 0 Å². The Kier molecular flexibility index (Phi) is 4.77. The average Bonchev–Trinajstić information content (AvgIpc) is 2.29. The van der Waals surface area contributed by atoms with Crippen LogP contribution in [0.2, 0.25) is 0 Å². The highest BCUT2D eigenvalue weighted by atomic mass is 16.1. The van der Waals surface area contributed by atoms with Gasteiger partial charge in [-0.2, -0.15) is 0 Å². The number of aromatic nitrogens is 1. The van der Waals surface area contributed by atoms with E-state index in [4.69, 9.17) is 0 Å². The second-order valence-corrected chi connectivity index (χ2v) is 3.35. The molecule has 1 aromatic rings. The van der Waals surface area contributed by atoms with E-state index in [9.17, 15) is 4.79 Å². The third kappa shape index (κ3) is 4.08. The minimum Gasteiger partial charge on any atom is -0.359 e. The van der Waals surface area contributed by atoms with E-state index in [1.165, 1.54) is 0 Å². The van der Waals surface area contributed by atoms with Gasteiger partial charge in [0, 0.05) is 32.3 Å². The topological polar surface area (TPSA) is 54.0 Å². The first-order valence-electron chi connectivity index (χ1n) is 5.09. The Bertz CT molecular complexity index is 300. The third-order valence-electron chi connectivity index (χ3n) is 2.21. The highest BCUT2D eigenvalue weighted by Gasteiger charge is 2.05. The van der Waals surface area contributed by atoms with E-state index in [2.05, 4.69) is 15.6 Å². The summed E-state index contributed by atoms with van der Waals surface area (Å²) in [6, 6.07) is 5.99. The van der Waals surface area contributed by atoms with Gasteiger partial charge in [-0.3, -0.25) is 9.78 Å². The molecule has 0 aliphatic rings. The van der Waals surface area contributed by atoms with E-state index in [1.807, 2.05) is 25.1 Å². The predicted molar refractivity (Wildman–Crippen MR) is 59.3 cm³/mol. The van der Waals surface area contributed by atoms with Gasteiger partial charge in [0.25, 0.3) is 0 Å². The SMILES string of the molecule is CNC(=O)CCN[C@H](C)c1ccccn1. The molecule has 0 saturated heterocycles. The summed E-state index contributed by atoms with van der Waals surface area (Å²) in [5.41, 5.74) is 0.995. The first kappa shape index (κ1) is 11.7. The highest BCUT2D eigenvalue weighted by Crippen LogP contribution is 2.06. The molecule has 0 spiro atoms. The molecule has 0 aliphatic heterocycles. The zero-order valence-corrected chi connectivity index (χ0v) is 9.16. The Balaban J connectivity index is 2.31. The van der Waals surface area contributed by atoms with E-state index >= 15 is 0 Å². The maximum atomic E-state index is 11.0. The van der Waals surface area contributed by atoms with E-state index in [0.29, 0.717) is 13.0 Å². The number of carbonyl (C=O) groups is 1. The molecule has 0 unspecified atom stereocenters. The fraction of sp³-hybridized carbons (Fsp3) is 0.455. The fourth-order valence-electron chi connectivity index (χ4n) is 1.26. The van der Waals surface area contributed by atoms with Crippen LogP contribution in [-0.4, -0.2) is 24.5 Å². The van der Waals surface area contributed by atoms with Crippen LogP contribution < -0.4 is 10.6 Å². The summed E-state index contributed by atoms with van der Waals surface area (Å²) in [6.07, 6.45) is 2.26. The Hall–Kier alpha value is -1.42. The van der Waals surface area contributed by atoms with Crippen molar-refractivity contribution in [3.05, 3.63) is 30.1 Å². The van der Waals surface area contributed by atoms with Gasteiger partial charge in [-0.1, -0.05) is 6.07 Å². The van der Waals surface area contributed by atoms with E-state index in [0.717, 1.165) is 5.69 Å². The lowest BCUT2D eigenvalue weighted by molar-refractivity contribution is -0.120. The molecule has 4 nitrogen and oxygen atoms in total. The number of rotatable bonds is 5. The molecule has 1 amide bonds. The van der Waals surface area contributed by atoms with Crippen molar-refractivity contribution in [2.45, 2.75) is 19.4 Å². The van der Waals surface area contributed by atoms with Gasteiger partial charge >= 0.3 is 0 Å². The smallest absolute Gasteiger partial charge is 0.221 e. The number of amides is 1. The van der Waals surface area contributed by atoms with Crippen LogP contribution in [0, 0.1) is 0 Å². The average molecular weight is 207 g/mol. The van der Waals surface area contributed by atoms with Crippen molar-refractivity contribution < 1.29 is 4.79 Å². The molecule has 2 N–H and O–H groups in total. The molecular formula is C11H17N3O. The Morgan fingerprint density at radius 2 is 2.33 bits per heavy atom. The summed E-state index contributed by atoms with van der Waals surface area (Å²) in [7, 11) is 1.64. The van der Waals surface area contributed by atoms with Crippen LogP contribution in [0.1, 0.15) is 25.1 Å². The number of nitrogens with one attached hydrogen (secondary N) is 2. The zero-order valence-electron chi connectivity index (χ0n) is 9.16. The molecule has 4 heteroatoms. The van der Waals surface area contributed by atoms with Gasteiger partial charge in [-0.25, -0.2) is 0 Å². The monoisotopic (exact) mass is 207 g/mol. The van der Waals surface area contributed by atoms with Crippen LogP contribution in [0.25, 0.3) is 0 Å². The molecule has 15 heavy (non-hydrogen) atoms. The molecule has 1 heterocycles. The van der Waals surface area contributed by atoms with Crippen LogP contribution in [0.4, 0.5) is 0 Å². The van der Waals surface area contributed by atoms with Gasteiger partial charge < -0.3 is 10.6 Å². The van der Waals surface area contributed by atoms with Crippen LogP contribution >= 0.6 is 0 Å². The van der Waals surface area contributed by atoms with Crippen molar-refractivity contribution in [1.29, 1.82) is 0 Å². The molecule has 0 radical (unpaired) electrons. The zero-order chi connectivity index (χ0) is 11.1. The van der Waals surface area contributed by atoms with Crippen LogP contribution in [0.3, 0.4) is 0 Å². The van der Waals surface area contributed by atoms with Gasteiger partial charge in [0.2, 0.25) is 5.91 Å². The van der Waals surface area contributed by atoms with E-state index in [1.54, 1.807) is 13.2 Å². The lowest BCUT2D eigenvalue weighted by Gasteiger charge is -2.12. The van der Waals surface area contributed by atoms with Crippen molar-refractivity contribution in [1.82, 2.24) is 15.6 Å². The standard InChI is InChI=1S/C11H17N3O/c1-9(10-5-3-4-7-14-10)13-8-6-11(15)12-2/h3-5,7,9,13H,6,8H2,1-2H3,(H,12,15)/t9-/m1/s1. The number of nitrogens with zero attached hydrogens (tertiary/aromatic N) is 1. The van der Waals surface area contributed by atoms with Crippen LogP contribution in [0.15, 0.2) is 24.4 Å². The van der Waals surface area contributed by atoms with Crippen molar-refractivity contribution in [3.8, 4) is 0 Å². The van der Waals surface area contributed by atoms with Crippen molar-refractivity contribution in [3.63, 3.8) is 0 Å². The molecule has 1 rings (SSSR count). The molecule has 0 aliphatic carbocycles. The molecular weight excluding hydrogens is 190 g/mol. The quantitative estimate of drug-likeness (QED) is 0.753. The lowest BCUT2D eigenvalue weighted by atomic mass is 10.2. The maximum Gasteiger partial charge on any atom is 0.221 e. The number of hydrogen-bond acceptors (Lipinski definition) is 3. The minimum absolute atomic E-state index is 0.0516. The fourth-order valence-corrected chi connectivity index (χ4v) is 1.26. The molecule has 82 valence electrons. The Morgan fingerprint density at radius 1 is 1.53 bits per heavy atom. The van der Waals surface area contributed by atoms with Crippen molar-refractivity contribution >= 4 is 5.91 Å².